The summed E-state index contributed by atoms with van der Waals surface area (Å²) in [6, 6.07) is 19.0. The first kappa shape index (κ1) is 27.9. The third-order valence-electron chi connectivity index (χ3n) is 8.26. The summed E-state index contributed by atoms with van der Waals surface area (Å²) in [5.74, 6) is -0.333. The maximum absolute atomic E-state index is 15.1. The summed E-state index contributed by atoms with van der Waals surface area (Å²) in [5, 5.41) is 5.72. The first-order valence-corrected chi connectivity index (χ1v) is 14.6. The van der Waals surface area contributed by atoms with Crippen molar-refractivity contribution in [1.82, 2.24) is 10.2 Å². The van der Waals surface area contributed by atoms with Crippen molar-refractivity contribution >= 4 is 46.5 Å². The van der Waals surface area contributed by atoms with Crippen LogP contribution < -0.4 is 15.5 Å². The van der Waals surface area contributed by atoms with E-state index in [0.29, 0.717) is 46.9 Å². The highest BCUT2D eigenvalue weighted by atomic mass is 35.5. The normalized spacial score (nSPS) is 21.6. The molecular weight excluding hydrogens is 557 g/mol. The van der Waals surface area contributed by atoms with Gasteiger partial charge in [0, 0.05) is 34.9 Å². The molecule has 4 aliphatic rings. The maximum atomic E-state index is 15.1. The molecule has 216 valence electrons. The molecule has 3 aromatic rings. The number of amides is 4. The summed E-state index contributed by atoms with van der Waals surface area (Å²) in [6.45, 7) is 1.14. The molecule has 0 spiro atoms. The third-order valence-corrected chi connectivity index (χ3v) is 8.49. The van der Waals surface area contributed by atoms with Crippen molar-refractivity contribution in [3.05, 3.63) is 94.8 Å². The van der Waals surface area contributed by atoms with Crippen molar-refractivity contribution in [2.45, 2.75) is 31.8 Å². The summed E-state index contributed by atoms with van der Waals surface area (Å²) >= 11 is 6.06. The number of aliphatic imine (C=N–C) groups is 1. The molecule has 2 saturated heterocycles. The number of urea groups is 1. The van der Waals surface area contributed by atoms with Crippen LogP contribution in [0, 0.1) is 17.7 Å². The number of nitrogens with one attached hydrogen (secondary N) is 2. The lowest BCUT2D eigenvalue weighted by atomic mass is 9.84. The van der Waals surface area contributed by atoms with Crippen molar-refractivity contribution in [3.63, 3.8) is 0 Å². The molecular formula is C32H31ClFN5O3. The molecule has 42 heavy (non-hydrogen) atoms. The second-order valence-electron chi connectivity index (χ2n) is 11.1. The van der Waals surface area contributed by atoms with Gasteiger partial charge in [-0.25, -0.2) is 14.2 Å². The molecule has 1 aliphatic carbocycles. The summed E-state index contributed by atoms with van der Waals surface area (Å²) in [5.41, 5.74) is 1.71. The van der Waals surface area contributed by atoms with Gasteiger partial charge < -0.3 is 15.5 Å². The van der Waals surface area contributed by atoms with Gasteiger partial charge in [0.2, 0.25) is 12.1 Å². The number of nitrogens with zero attached hydrogens (tertiary/aromatic N) is 3. The Hall–Kier alpha value is -4.24. The zero-order valence-corrected chi connectivity index (χ0v) is 23.7. The fraction of sp³-hybridized carbons (Fsp3) is 0.312. The molecule has 1 atom stereocenters. The quantitative estimate of drug-likeness (QED) is 0.415. The lowest BCUT2D eigenvalue weighted by molar-refractivity contribution is -0.132. The molecule has 3 fully saturated rings. The summed E-state index contributed by atoms with van der Waals surface area (Å²) < 4.78 is 15.1. The van der Waals surface area contributed by atoms with Crippen molar-refractivity contribution < 1.29 is 18.8 Å². The van der Waals surface area contributed by atoms with Crippen LogP contribution in [-0.4, -0.2) is 54.3 Å². The molecule has 3 aliphatic heterocycles. The van der Waals surface area contributed by atoms with Crippen molar-refractivity contribution in [2.24, 2.45) is 16.8 Å². The number of rotatable bonds is 5. The highest BCUT2D eigenvalue weighted by Crippen LogP contribution is 2.34. The Labute approximate surface area is 248 Å². The average Bonchev–Trinajstić information content (AvgIpc) is 3.37. The summed E-state index contributed by atoms with van der Waals surface area (Å²) in [7, 11) is 0. The first-order valence-electron chi connectivity index (χ1n) is 14.2. The Morgan fingerprint density at radius 3 is 2.26 bits per heavy atom. The van der Waals surface area contributed by atoms with E-state index < -0.39 is 23.9 Å². The third kappa shape index (κ3) is 5.87. The van der Waals surface area contributed by atoms with Gasteiger partial charge in [-0.05, 0) is 73.9 Å². The van der Waals surface area contributed by atoms with Crippen LogP contribution in [0.3, 0.4) is 0 Å². The number of benzodiazepines with no additional fused rings is 1. The van der Waals surface area contributed by atoms with Gasteiger partial charge in [0.1, 0.15) is 12.4 Å². The number of benzene rings is 3. The lowest BCUT2D eigenvalue weighted by Crippen LogP contribution is -2.51. The number of carbonyl (C=O) groups is 3. The number of hydrogen-bond donors (Lipinski definition) is 2. The number of carbonyl (C=O) groups excluding carboxylic acids is 3. The number of fused-ring (bicyclic) bond motifs is 5. The molecule has 2 N–H and O–H groups in total. The van der Waals surface area contributed by atoms with Crippen LogP contribution in [-0.2, 0) is 9.59 Å². The van der Waals surface area contributed by atoms with Gasteiger partial charge >= 0.3 is 6.03 Å². The molecule has 7 rings (SSSR count). The summed E-state index contributed by atoms with van der Waals surface area (Å²) in [6.07, 6.45) is 3.04. The van der Waals surface area contributed by atoms with E-state index >= 15 is 4.39 Å². The second-order valence-corrected chi connectivity index (χ2v) is 11.5. The van der Waals surface area contributed by atoms with E-state index in [-0.39, 0.29) is 23.7 Å². The van der Waals surface area contributed by atoms with E-state index in [0.717, 1.165) is 25.7 Å². The Bertz CT molecular complexity index is 1540. The van der Waals surface area contributed by atoms with E-state index in [1.54, 1.807) is 66.7 Å². The van der Waals surface area contributed by atoms with E-state index in [9.17, 15) is 14.4 Å². The topological polar surface area (TPSA) is 94.1 Å². The average molecular weight is 588 g/mol. The molecule has 1 unspecified atom stereocenters. The predicted octanol–water partition coefficient (Wildman–Crippen LogP) is 5.46. The van der Waals surface area contributed by atoms with Crippen molar-refractivity contribution in [3.8, 4) is 0 Å². The smallest absolute Gasteiger partial charge is 0.321 e. The van der Waals surface area contributed by atoms with E-state index in [4.69, 9.17) is 11.6 Å². The van der Waals surface area contributed by atoms with E-state index in [1.165, 1.54) is 11.0 Å². The van der Waals surface area contributed by atoms with E-state index in [1.807, 2.05) is 4.90 Å². The minimum atomic E-state index is -1.43. The van der Waals surface area contributed by atoms with Gasteiger partial charge in [-0.15, -0.1) is 0 Å². The fourth-order valence-electron chi connectivity index (χ4n) is 6.15. The fourth-order valence-corrected chi connectivity index (χ4v) is 6.34. The van der Waals surface area contributed by atoms with Crippen molar-refractivity contribution in [2.75, 3.05) is 29.9 Å². The summed E-state index contributed by atoms with van der Waals surface area (Å²) in [4.78, 5) is 48.8. The highest BCUT2D eigenvalue weighted by molar-refractivity contribution is 6.31. The van der Waals surface area contributed by atoms with Crippen LogP contribution in [0.2, 0.25) is 5.02 Å². The number of para-hydroxylation sites is 1. The van der Waals surface area contributed by atoms with Gasteiger partial charge in [-0.3, -0.25) is 14.5 Å². The number of halogens is 2. The van der Waals surface area contributed by atoms with Crippen LogP contribution in [0.5, 0.6) is 0 Å². The number of hydrogen-bond acceptors (Lipinski definition) is 4. The van der Waals surface area contributed by atoms with Gasteiger partial charge in [-0.1, -0.05) is 48.0 Å². The molecule has 2 bridgehead atoms. The molecule has 0 aromatic heterocycles. The van der Waals surface area contributed by atoms with Crippen LogP contribution in [0.4, 0.5) is 20.6 Å². The molecule has 8 nitrogen and oxygen atoms in total. The monoisotopic (exact) mass is 587 g/mol. The standard InChI is InChI=1S/C32H31ClFN5O3/c33-22-6-5-7-23(16-22)35-32(42)37-30-31(41)39(19-28(40)38-17-20-12-13-21(18-38)15-14-20)27-11-4-2-9-25(27)29(36-30)24-8-1-3-10-26(24)34/h1-11,16,20-21,30H,12-15,17-19H2,(H2,35,37,42). The van der Waals surface area contributed by atoms with Gasteiger partial charge in [0.05, 0.1) is 11.4 Å². The molecule has 3 heterocycles. The van der Waals surface area contributed by atoms with E-state index in [2.05, 4.69) is 15.6 Å². The minimum absolute atomic E-state index is 0.159. The molecule has 1 saturated carbocycles. The van der Waals surface area contributed by atoms with Crippen LogP contribution in [0.15, 0.2) is 77.8 Å². The zero-order chi connectivity index (χ0) is 29.2. The van der Waals surface area contributed by atoms with Crippen LogP contribution in [0.1, 0.15) is 36.8 Å². The highest BCUT2D eigenvalue weighted by Gasteiger charge is 2.37. The first-order chi connectivity index (χ1) is 20.4. The Kier molecular flexibility index (Phi) is 7.93. The van der Waals surface area contributed by atoms with Gasteiger partial charge in [0.25, 0.3) is 5.91 Å². The Balaban J connectivity index is 1.35. The van der Waals surface area contributed by atoms with Gasteiger partial charge in [0.15, 0.2) is 0 Å². The number of anilines is 2. The lowest BCUT2D eigenvalue weighted by Gasteiger charge is -2.29. The largest absolute Gasteiger partial charge is 0.341 e. The zero-order valence-electron chi connectivity index (χ0n) is 22.9. The second kappa shape index (κ2) is 11.9. The van der Waals surface area contributed by atoms with Gasteiger partial charge in [-0.2, -0.15) is 0 Å². The molecule has 3 aromatic carbocycles. The molecule has 4 amide bonds. The Morgan fingerprint density at radius 1 is 0.905 bits per heavy atom. The molecule has 0 radical (unpaired) electrons. The SMILES string of the molecule is O=C(Nc1cccc(Cl)c1)NC1N=C(c2ccccc2F)c2ccccc2N(CC(=O)N2CC3CCC(CC3)C2)C1=O. The molecule has 10 heteroatoms. The van der Waals surface area contributed by atoms with Crippen LogP contribution >= 0.6 is 11.6 Å². The predicted molar refractivity (Wildman–Crippen MR) is 160 cm³/mol. The Morgan fingerprint density at radius 2 is 1.57 bits per heavy atom. The van der Waals surface area contributed by atoms with Crippen LogP contribution in [0.25, 0.3) is 0 Å². The minimum Gasteiger partial charge on any atom is -0.341 e. The maximum Gasteiger partial charge on any atom is 0.321 e. The van der Waals surface area contributed by atoms with Crippen molar-refractivity contribution in [1.29, 1.82) is 0 Å².